The summed E-state index contributed by atoms with van der Waals surface area (Å²) in [5.41, 5.74) is 11.2. The molecule has 97 heavy (non-hydrogen) atoms. The Balaban J connectivity index is 0.000000164. The lowest BCUT2D eigenvalue weighted by molar-refractivity contribution is -0.133. The summed E-state index contributed by atoms with van der Waals surface area (Å²) in [5.74, 6) is 2.77. The summed E-state index contributed by atoms with van der Waals surface area (Å²) in [6.45, 7) is 10.9. The maximum atomic E-state index is 12.4. The van der Waals surface area contributed by atoms with Crippen LogP contribution in [-0.4, -0.2) is 87.5 Å². The number of ether oxygens (including phenoxy) is 1. The second kappa shape index (κ2) is 37.7. The number of nitrogens with one attached hydrogen (secondary N) is 4. The number of likely N-dealkylation sites (N-methyl/N-ethyl adjacent to an activating group) is 4. The number of carbonyl (C=O) groups is 6. The zero-order valence-electron chi connectivity index (χ0n) is 59.8. The molecule has 6 saturated carbocycles. The minimum absolute atomic E-state index is 0.190. The monoisotopic (exact) mass is 1320 g/mol. The number of nitrogens with two attached hydrogens (primary N) is 1. The molecule has 6 aliphatic rings. The fourth-order valence-corrected chi connectivity index (χ4v) is 15.8. The molecule has 13 nitrogen and oxygen atoms in total. The molecule has 6 N–H and O–H groups in total. The Morgan fingerprint density at radius 2 is 0.753 bits per heavy atom. The second-order valence-electron chi connectivity index (χ2n) is 27.4. The first-order chi connectivity index (χ1) is 46.9. The molecule has 6 aliphatic carbocycles. The maximum absolute atomic E-state index is 12.4. The van der Waals surface area contributed by atoms with E-state index in [0.29, 0.717) is 67.4 Å². The van der Waals surface area contributed by atoms with Gasteiger partial charge in [0, 0.05) is 38.5 Å². The van der Waals surface area contributed by atoms with Crippen molar-refractivity contribution in [3.8, 4) is 5.75 Å². The largest absolute Gasteiger partial charge is 0.497 e. The molecule has 6 aromatic rings. The van der Waals surface area contributed by atoms with Crippen molar-refractivity contribution < 1.29 is 33.5 Å². The van der Waals surface area contributed by atoms with Crippen LogP contribution in [0.3, 0.4) is 0 Å². The van der Waals surface area contributed by atoms with Crippen LogP contribution >= 0.6 is 0 Å². The summed E-state index contributed by atoms with van der Waals surface area (Å²) in [6.07, 6.45) is 23.5. The van der Waals surface area contributed by atoms with Gasteiger partial charge in [-0.3, -0.25) is 33.7 Å². The minimum Gasteiger partial charge on any atom is -0.497 e. The molecule has 6 fully saturated rings. The summed E-state index contributed by atoms with van der Waals surface area (Å²) in [6, 6.07) is 56.3. The van der Waals surface area contributed by atoms with Gasteiger partial charge >= 0.3 is 0 Å². The molecule has 6 atom stereocenters. The van der Waals surface area contributed by atoms with E-state index in [1.54, 1.807) is 7.11 Å². The third kappa shape index (κ3) is 18.6. The third-order valence-electron chi connectivity index (χ3n) is 21.2. The van der Waals surface area contributed by atoms with Crippen LogP contribution in [0.2, 0.25) is 0 Å². The van der Waals surface area contributed by atoms with Gasteiger partial charge in [0.2, 0.25) is 0 Å². The van der Waals surface area contributed by atoms with Gasteiger partial charge in [0.15, 0.2) is 34.7 Å². The number of carbonyl (C=O) groups excluding carboxylic acids is 6. The van der Waals surface area contributed by atoms with Gasteiger partial charge in [-0.05, 0) is 182 Å². The van der Waals surface area contributed by atoms with E-state index in [-0.39, 0.29) is 11.3 Å². The highest BCUT2D eigenvalue weighted by Crippen LogP contribution is 2.41. The van der Waals surface area contributed by atoms with Crippen molar-refractivity contribution in [1.82, 2.24) is 26.2 Å². The predicted octanol–water partition coefficient (Wildman–Crippen LogP) is 15.4. The van der Waals surface area contributed by atoms with Crippen molar-refractivity contribution in [2.75, 3.05) is 47.9 Å². The van der Waals surface area contributed by atoms with Crippen molar-refractivity contribution in [2.45, 2.75) is 221 Å². The highest BCUT2D eigenvalue weighted by atomic mass is 16.5. The van der Waals surface area contributed by atoms with Crippen LogP contribution in [0.1, 0.15) is 220 Å². The first-order valence-corrected chi connectivity index (χ1v) is 36.5. The quantitative estimate of drug-likeness (QED) is 0.0616. The molecule has 13 heteroatoms. The lowest BCUT2D eigenvalue weighted by atomic mass is 9.74. The van der Waals surface area contributed by atoms with E-state index in [2.05, 4.69) is 83.3 Å². The van der Waals surface area contributed by atoms with E-state index in [4.69, 9.17) is 10.5 Å². The first-order valence-electron chi connectivity index (χ1n) is 36.5. The molecular weight excluding hydrogens is 1200 g/mol. The Morgan fingerprint density at radius 3 is 1.16 bits per heavy atom. The van der Waals surface area contributed by atoms with Crippen LogP contribution in [0.25, 0.3) is 0 Å². The summed E-state index contributed by atoms with van der Waals surface area (Å²) in [5, 5.41) is 13.6. The fourth-order valence-electron chi connectivity index (χ4n) is 15.8. The van der Waals surface area contributed by atoms with Crippen molar-refractivity contribution in [1.29, 1.82) is 0 Å². The van der Waals surface area contributed by atoms with Gasteiger partial charge in [-0.1, -0.05) is 217 Å². The zero-order chi connectivity index (χ0) is 69.8. The average molecular weight is 1320 g/mol. The number of methoxy groups -OCH3 is 1. The van der Waals surface area contributed by atoms with E-state index in [1.807, 2.05) is 162 Å². The van der Waals surface area contributed by atoms with Crippen molar-refractivity contribution in [3.05, 3.63) is 209 Å². The summed E-state index contributed by atoms with van der Waals surface area (Å²) in [4.78, 5) is 75.4. The van der Waals surface area contributed by atoms with Crippen molar-refractivity contribution in [2.24, 2.45) is 5.73 Å². The van der Waals surface area contributed by atoms with Gasteiger partial charge in [0.25, 0.3) is 0 Å². The van der Waals surface area contributed by atoms with Gasteiger partial charge in [0.05, 0.1) is 7.11 Å². The highest BCUT2D eigenvalue weighted by molar-refractivity contribution is 5.93. The van der Waals surface area contributed by atoms with Gasteiger partial charge in [-0.15, -0.1) is 0 Å². The number of nitrogens with zero attached hydrogens (tertiary/aromatic N) is 1. The SMILES string of the molecule is CCCN[C@]1(c2ccccc2)CCCCC1=O.CCN[C@]1(c2ccc(OC)cc2)CCCCC1=O.CCN[C@]1(c2ccccc2C)CCCCC1=O.CN(C)[C@]1(c2ccccc2)CCCCC1=O.CN[C@]1(c2ccccc2)CCCCC1=O.N[C@]1(c2ccccc2)CCCCC1=O. The van der Waals surface area contributed by atoms with Crippen molar-refractivity contribution >= 4 is 34.7 Å². The van der Waals surface area contributed by atoms with Crippen LogP contribution in [0.5, 0.6) is 5.75 Å². The third-order valence-corrected chi connectivity index (χ3v) is 21.2. The predicted molar refractivity (Wildman–Crippen MR) is 393 cm³/mol. The number of Topliss-reactive ketones (excluding diaryl/α,β-unsaturated/α-hetero) is 6. The Bertz CT molecular complexity index is 3410. The lowest BCUT2D eigenvalue weighted by Gasteiger charge is -2.41. The van der Waals surface area contributed by atoms with Crippen LogP contribution in [-0.2, 0) is 62.0 Å². The number of hydrogen-bond donors (Lipinski definition) is 5. The smallest absolute Gasteiger partial charge is 0.157 e. The molecule has 0 aliphatic heterocycles. The van der Waals surface area contributed by atoms with E-state index < -0.39 is 27.7 Å². The maximum Gasteiger partial charge on any atom is 0.157 e. The lowest BCUT2D eigenvalue weighted by Crippen LogP contribution is -2.51. The normalized spacial score (nSPS) is 25.6. The zero-order valence-corrected chi connectivity index (χ0v) is 59.8. The summed E-state index contributed by atoms with van der Waals surface area (Å²) in [7, 11) is 7.56. The van der Waals surface area contributed by atoms with Gasteiger partial charge in [-0.25, -0.2) is 0 Å². The van der Waals surface area contributed by atoms with Crippen LogP contribution in [0, 0.1) is 6.92 Å². The van der Waals surface area contributed by atoms with Gasteiger partial charge < -0.3 is 31.7 Å². The fraction of sp³-hybridized carbons (Fsp3) is 0.500. The molecule has 522 valence electrons. The van der Waals surface area contributed by atoms with Gasteiger partial charge in [0.1, 0.15) is 39.0 Å². The highest BCUT2D eigenvalue weighted by Gasteiger charge is 2.46. The topological polar surface area (TPSA) is 189 Å². The number of ketones is 6. The molecule has 0 unspecified atom stereocenters. The molecule has 0 bridgehead atoms. The van der Waals surface area contributed by atoms with Crippen LogP contribution in [0.4, 0.5) is 0 Å². The van der Waals surface area contributed by atoms with E-state index >= 15 is 0 Å². The molecule has 6 aromatic carbocycles. The molecule has 0 heterocycles. The minimum atomic E-state index is -0.709. The molecule has 0 spiro atoms. The molecular formula is C84H114N6O7. The number of aryl methyl sites for hydroxylation is 1. The van der Waals surface area contributed by atoms with E-state index in [0.717, 1.165) is 175 Å². The Hall–Kier alpha value is -7.10. The molecule has 12 rings (SSSR count). The Kier molecular flexibility index (Phi) is 30.1. The standard InChI is InChI=1S/C15H21NO2.2C15H21NO.C14H19NO.C13H17NO.C12H15NO/c1-3-16-15(11-5-4-6-14(15)17)12-7-9-13(18-2)10-8-12;1-3-16-15(11-7-6-10-14(15)17)13-9-5-4-8-12(13)2;1-2-12-16-15(11-7-6-10-14(15)17)13-8-4-3-5-9-13;1-15(2)14(11-7-6-10-13(14)16)12-8-4-3-5-9-12;1-14-13(10-6-5-9-12(13)15)11-7-3-2-4-8-11;13-12(9-5-4-8-11(12)14)10-6-2-1-3-7-10/h7-10,16H,3-6,11H2,1-2H3;4-5,8-9,16H,3,6-7,10-11H2,1-2H3;3-5,8-9,16H,2,6-7,10-12H2,1H3;3-5,8-9H,6-7,10-11H2,1-2H3;2-4,7-8,14H,5-6,9-10H2,1H3;1-3,6-7H,4-5,8-9,13H2/t3*15-;14-;13-;12-/m000000/s1. The number of rotatable bonds is 16. The molecule has 0 radical (unpaired) electrons. The molecule has 0 amide bonds. The van der Waals surface area contributed by atoms with Crippen molar-refractivity contribution in [3.63, 3.8) is 0 Å². The van der Waals surface area contributed by atoms with Gasteiger partial charge in [-0.2, -0.15) is 0 Å². The van der Waals surface area contributed by atoms with E-state index in [1.165, 1.54) is 11.1 Å². The number of hydrogen-bond acceptors (Lipinski definition) is 13. The molecule has 0 aromatic heterocycles. The molecule has 0 saturated heterocycles. The van der Waals surface area contributed by atoms with E-state index in [9.17, 15) is 28.8 Å². The number of benzene rings is 6. The summed E-state index contributed by atoms with van der Waals surface area (Å²) < 4.78 is 5.17. The Morgan fingerprint density at radius 1 is 0.392 bits per heavy atom. The second-order valence-corrected chi connectivity index (χ2v) is 27.4. The average Bonchev–Trinajstić information content (AvgIpc) is 0.829. The summed E-state index contributed by atoms with van der Waals surface area (Å²) >= 11 is 0. The Labute approximate surface area is 581 Å². The van der Waals surface area contributed by atoms with Crippen LogP contribution < -0.4 is 31.7 Å². The van der Waals surface area contributed by atoms with Crippen LogP contribution in [0.15, 0.2) is 170 Å². The first kappa shape index (κ1) is 77.3.